The third kappa shape index (κ3) is 1.91. The first-order valence-corrected chi connectivity index (χ1v) is 4.73. The third-order valence-corrected chi connectivity index (χ3v) is 3.08. The van der Waals surface area contributed by atoms with Crippen LogP contribution in [0.1, 0.15) is 9.67 Å². The summed E-state index contributed by atoms with van der Waals surface area (Å²) in [5, 5.41) is 8.52. The van der Waals surface area contributed by atoms with E-state index >= 15 is 0 Å². The molecular weight excluding hydrogens is 277 g/mol. The second kappa shape index (κ2) is 3.51. The highest BCUT2D eigenvalue weighted by Crippen LogP contribution is 2.25. The van der Waals surface area contributed by atoms with Crippen LogP contribution in [0.4, 0.5) is 5.69 Å². The summed E-state index contributed by atoms with van der Waals surface area (Å²) < 4.78 is 0.955. The van der Waals surface area contributed by atoms with E-state index < -0.39 is 6.61 Å². The molecule has 1 rings (SSSR count). The van der Waals surface area contributed by atoms with Gasteiger partial charge in [0.15, 0.2) is 5.78 Å². The van der Waals surface area contributed by atoms with Crippen LogP contribution in [0.2, 0.25) is 0 Å². The topological polar surface area (TPSA) is 63.3 Å². The molecule has 0 aliphatic heterocycles. The number of halogens is 1. The monoisotopic (exact) mass is 283 g/mol. The smallest absolute Gasteiger partial charge is 0.200 e. The van der Waals surface area contributed by atoms with E-state index in [-0.39, 0.29) is 5.78 Å². The average Bonchev–Trinajstić information content (AvgIpc) is 2.28. The number of hydrogen-bond donors (Lipinski definition) is 2. The summed E-state index contributed by atoms with van der Waals surface area (Å²) in [7, 11) is 0. The second-order valence-corrected chi connectivity index (χ2v) is 4.86. The summed E-state index contributed by atoms with van der Waals surface area (Å²) in [6.45, 7) is -0.471. The Labute approximate surface area is 81.4 Å². The van der Waals surface area contributed by atoms with Crippen LogP contribution < -0.4 is 5.73 Å². The standard InChI is InChI=1S/C6H6INO2S/c7-5-1-3(8)6(11-5)4(10)2-9/h1,9H,2,8H2. The lowest BCUT2D eigenvalue weighted by atomic mass is 10.3. The minimum Gasteiger partial charge on any atom is -0.397 e. The second-order valence-electron chi connectivity index (χ2n) is 1.92. The fourth-order valence-corrected chi connectivity index (χ4v) is 2.40. The molecule has 0 spiro atoms. The zero-order valence-corrected chi connectivity index (χ0v) is 8.48. The summed E-state index contributed by atoms with van der Waals surface area (Å²) in [5.74, 6) is -0.310. The molecule has 5 heteroatoms. The van der Waals surface area contributed by atoms with Gasteiger partial charge in [-0.05, 0) is 28.7 Å². The SMILES string of the molecule is Nc1cc(I)sc1C(=O)CO. The van der Waals surface area contributed by atoms with Gasteiger partial charge in [-0.15, -0.1) is 11.3 Å². The first kappa shape index (κ1) is 8.95. The molecular formula is C6H6INO2S. The zero-order chi connectivity index (χ0) is 8.43. The molecule has 0 fully saturated rings. The summed E-state index contributed by atoms with van der Waals surface area (Å²) in [5.41, 5.74) is 5.95. The predicted molar refractivity (Wildman–Crippen MR) is 52.9 cm³/mol. The first-order chi connectivity index (χ1) is 5.15. The lowest BCUT2D eigenvalue weighted by molar-refractivity contribution is 0.0908. The van der Waals surface area contributed by atoms with Crippen molar-refractivity contribution in [1.82, 2.24) is 0 Å². The van der Waals surface area contributed by atoms with Crippen LogP contribution in [0.15, 0.2) is 6.07 Å². The van der Waals surface area contributed by atoms with Crippen LogP contribution in [-0.4, -0.2) is 17.5 Å². The van der Waals surface area contributed by atoms with E-state index in [0.717, 1.165) is 2.88 Å². The average molecular weight is 283 g/mol. The Morgan fingerprint density at radius 2 is 2.45 bits per heavy atom. The summed E-state index contributed by atoms with van der Waals surface area (Å²) in [6.07, 6.45) is 0. The summed E-state index contributed by atoms with van der Waals surface area (Å²) in [6, 6.07) is 1.72. The van der Waals surface area contributed by atoms with Crippen molar-refractivity contribution in [2.24, 2.45) is 0 Å². The lowest BCUT2D eigenvalue weighted by Crippen LogP contribution is -2.04. The number of Topliss-reactive ketones (excluding diaryl/α,β-unsaturated/α-hetero) is 1. The van der Waals surface area contributed by atoms with Crippen molar-refractivity contribution in [3.63, 3.8) is 0 Å². The zero-order valence-electron chi connectivity index (χ0n) is 5.50. The van der Waals surface area contributed by atoms with Gasteiger partial charge in [-0.2, -0.15) is 0 Å². The van der Waals surface area contributed by atoms with Crippen LogP contribution in [0.5, 0.6) is 0 Å². The molecule has 1 aromatic rings. The van der Waals surface area contributed by atoms with E-state index in [1.165, 1.54) is 11.3 Å². The molecule has 0 unspecified atom stereocenters. The lowest BCUT2D eigenvalue weighted by Gasteiger charge is -1.91. The Hall–Kier alpha value is -0.140. The number of thiophene rings is 1. The Kier molecular flexibility index (Phi) is 2.85. The molecule has 0 bridgehead atoms. The number of ketones is 1. The van der Waals surface area contributed by atoms with E-state index in [4.69, 9.17) is 10.8 Å². The van der Waals surface area contributed by atoms with Crippen LogP contribution in [0.3, 0.4) is 0 Å². The summed E-state index contributed by atoms with van der Waals surface area (Å²) in [4.78, 5) is 11.4. The number of nitrogen functional groups attached to an aromatic ring is 1. The number of carbonyl (C=O) groups excluding carboxylic acids is 1. The number of carbonyl (C=O) groups is 1. The van der Waals surface area contributed by atoms with Gasteiger partial charge in [0.2, 0.25) is 0 Å². The number of rotatable bonds is 2. The molecule has 0 aromatic carbocycles. The van der Waals surface area contributed by atoms with Gasteiger partial charge in [0.05, 0.1) is 13.4 Å². The normalized spacial score (nSPS) is 10.0. The maximum Gasteiger partial charge on any atom is 0.200 e. The Morgan fingerprint density at radius 1 is 1.82 bits per heavy atom. The van der Waals surface area contributed by atoms with Gasteiger partial charge < -0.3 is 10.8 Å². The minimum atomic E-state index is -0.471. The maximum absolute atomic E-state index is 10.9. The molecule has 0 saturated heterocycles. The molecule has 3 N–H and O–H groups in total. The van der Waals surface area contributed by atoms with Crippen LogP contribution in [-0.2, 0) is 0 Å². The highest BCUT2D eigenvalue weighted by atomic mass is 127. The molecule has 3 nitrogen and oxygen atoms in total. The van der Waals surface area contributed by atoms with Gasteiger partial charge in [0.25, 0.3) is 0 Å². The number of hydrogen-bond acceptors (Lipinski definition) is 4. The van der Waals surface area contributed by atoms with E-state index in [1.54, 1.807) is 6.07 Å². The number of aliphatic hydroxyl groups excluding tert-OH is 1. The van der Waals surface area contributed by atoms with E-state index in [9.17, 15) is 4.79 Å². The van der Waals surface area contributed by atoms with Crippen LogP contribution in [0.25, 0.3) is 0 Å². The highest BCUT2D eigenvalue weighted by Gasteiger charge is 2.11. The van der Waals surface area contributed by atoms with Gasteiger partial charge in [-0.3, -0.25) is 4.79 Å². The molecule has 11 heavy (non-hydrogen) atoms. The van der Waals surface area contributed by atoms with Crippen molar-refractivity contribution >= 4 is 45.4 Å². The number of nitrogens with two attached hydrogens (primary N) is 1. The quantitative estimate of drug-likeness (QED) is 0.631. The van der Waals surface area contributed by atoms with Crippen molar-refractivity contribution in [3.05, 3.63) is 13.8 Å². The van der Waals surface area contributed by atoms with Gasteiger partial charge in [-0.1, -0.05) is 0 Å². The van der Waals surface area contributed by atoms with Gasteiger partial charge in [-0.25, -0.2) is 0 Å². The van der Waals surface area contributed by atoms with Gasteiger partial charge in [0, 0.05) is 0 Å². The number of aliphatic hydroxyl groups is 1. The fraction of sp³-hybridized carbons (Fsp3) is 0.167. The van der Waals surface area contributed by atoms with Gasteiger partial charge in [0.1, 0.15) is 6.61 Å². The largest absolute Gasteiger partial charge is 0.397 e. The molecule has 0 atom stereocenters. The molecule has 0 radical (unpaired) electrons. The fourth-order valence-electron chi connectivity index (χ4n) is 0.663. The first-order valence-electron chi connectivity index (χ1n) is 2.84. The van der Waals surface area contributed by atoms with Crippen molar-refractivity contribution in [2.45, 2.75) is 0 Å². The van der Waals surface area contributed by atoms with E-state index in [0.29, 0.717) is 10.6 Å². The molecule has 1 aromatic heterocycles. The van der Waals surface area contributed by atoms with Crippen LogP contribution in [0, 0.1) is 2.88 Å². The van der Waals surface area contributed by atoms with Crippen molar-refractivity contribution in [3.8, 4) is 0 Å². The van der Waals surface area contributed by atoms with Crippen molar-refractivity contribution in [2.75, 3.05) is 12.3 Å². The Bertz CT molecular complexity index is 284. The third-order valence-electron chi connectivity index (χ3n) is 1.13. The van der Waals surface area contributed by atoms with Crippen molar-refractivity contribution in [1.29, 1.82) is 0 Å². The Balaban J connectivity index is 3.03. The van der Waals surface area contributed by atoms with Crippen LogP contribution >= 0.6 is 33.9 Å². The predicted octanol–water partition coefficient (Wildman–Crippen LogP) is 1.11. The molecule has 0 amide bonds. The molecule has 0 saturated carbocycles. The minimum absolute atomic E-state index is 0.310. The van der Waals surface area contributed by atoms with E-state index in [1.807, 2.05) is 0 Å². The number of anilines is 1. The van der Waals surface area contributed by atoms with E-state index in [2.05, 4.69) is 22.6 Å². The molecule has 0 aliphatic carbocycles. The van der Waals surface area contributed by atoms with Crippen molar-refractivity contribution < 1.29 is 9.90 Å². The molecule has 60 valence electrons. The molecule has 0 aliphatic rings. The summed E-state index contributed by atoms with van der Waals surface area (Å²) >= 11 is 3.38. The Morgan fingerprint density at radius 3 is 2.82 bits per heavy atom. The highest BCUT2D eigenvalue weighted by molar-refractivity contribution is 14.1. The van der Waals surface area contributed by atoms with Gasteiger partial charge >= 0.3 is 0 Å². The maximum atomic E-state index is 10.9. The molecule has 1 heterocycles.